The second-order valence-corrected chi connectivity index (χ2v) is 10.9. The number of halogens is 6. The molecule has 0 spiro atoms. The zero-order valence-electron chi connectivity index (χ0n) is 16.0. The molecule has 2 aromatic rings. The molecule has 1 aliphatic heterocycles. The van der Waals surface area contributed by atoms with Gasteiger partial charge in [0.15, 0.2) is 9.84 Å². The SMILES string of the molecule is CC(C)([C@H]1CC(=O)N(c2nnc(C(F)(F)F)s2)C1)S(=O)(=O)c1cccc(C(F)(F)F)c1. The van der Waals surface area contributed by atoms with Crippen LogP contribution in [0.25, 0.3) is 0 Å². The van der Waals surface area contributed by atoms with E-state index in [-0.39, 0.29) is 29.4 Å². The van der Waals surface area contributed by atoms with E-state index >= 15 is 0 Å². The second kappa shape index (κ2) is 7.43. The molecule has 0 radical (unpaired) electrons. The summed E-state index contributed by atoms with van der Waals surface area (Å²) >= 11 is 0.145. The van der Waals surface area contributed by atoms with Crippen molar-refractivity contribution < 1.29 is 39.6 Å². The fourth-order valence-corrected chi connectivity index (χ4v) is 5.64. The van der Waals surface area contributed by atoms with Gasteiger partial charge in [-0.25, -0.2) is 8.42 Å². The standard InChI is InChI=1S/C17H15F6N3O3S2/c1-15(2,31(28,29)11-5-3-4-9(6-11)16(18,19)20)10-7-12(27)26(8-10)14-25-24-13(30-14)17(21,22)23/h3-6,10H,7-8H2,1-2H3/t10-/m0/s1. The summed E-state index contributed by atoms with van der Waals surface area (Å²) in [7, 11) is -4.34. The quantitative estimate of drug-likeness (QED) is 0.605. The Hall–Kier alpha value is -2.22. The first kappa shape index (κ1) is 23.4. The smallest absolute Gasteiger partial charge is 0.286 e. The number of anilines is 1. The third kappa shape index (κ3) is 4.27. The van der Waals surface area contributed by atoms with Gasteiger partial charge in [0.25, 0.3) is 0 Å². The Morgan fingerprint density at radius 3 is 2.26 bits per heavy atom. The Balaban J connectivity index is 1.90. The first-order chi connectivity index (χ1) is 14.0. The number of benzene rings is 1. The van der Waals surface area contributed by atoms with Crippen molar-refractivity contribution in [1.82, 2.24) is 10.2 Å². The second-order valence-electron chi connectivity index (χ2n) is 7.43. The minimum Gasteiger partial charge on any atom is -0.286 e. The van der Waals surface area contributed by atoms with Crippen LogP contribution >= 0.6 is 11.3 Å². The Bertz CT molecular complexity index is 1110. The summed E-state index contributed by atoms with van der Waals surface area (Å²) in [6.45, 7) is 2.27. The zero-order valence-corrected chi connectivity index (χ0v) is 17.6. The van der Waals surface area contributed by atoms with E-state index in [2.05, 4.69) is 10.2 Å². The van der Waals surface area contributed by atoms with Gasteiger partial charge >= 0.3 is 12.4 Å². The molecule has 1 fully saturated rings. The number of nitrogens with zero attached hydrogens (tertiary/aromatic N) is 3. The Kier molecular flexibility index (Phi) is 5.62. The molecule has 14 heteroatoms. The van der Waals surface area contributed by atoms with Gasteiger partial charge < -0.3 is 0 Å². The van der Waals surface area contributed by atoms with Gasteiger partial charge in [-0.15, -0.1) is 10.2 Å². The fourth-order valence-electron chi connectivity index (χ4n) is 3.16. The van der Waals surface area contributed by atoms with Crippen LogP contribution < -0.4 is 4.90 Å². The number of carbonyl (C=O) groups is 1. The molecule has 3 rings (SSSR count). The maximum Gasteiger partial charge on any atom is 0.445 e. The van der Waals surface area contributed by atoms with Gasteiger partial charge in [0.2, 0.25) is 16.0 Å². The minimum atomic E-state index is -4.75. The van der Waals surface area contributed by atoms with Gasteiger partial charge in [-0.3, -0.25) is 9.69 Å². The number of carbonyl (C=O) groups excluding carboxylic acids is 1. The molecule has 31 heavy (non-hydrogen) atoms. The van der Waals surface area contributed by atoms with Gasteiger partial charge in [0, 0.05) is 18.9 Å². The summed E-state index contributed by atoms with van der Waals surface area (Å²) in [6.07, 6.45) is -9.82. The summed E-state index contributed by atoms with van der Waals surface area (Å²) in [6, 6.07) is 3.26. The number of sulfone groups is 1. The van der Waals surface area contributed by atoms with E-state index in [1.165, 1.54) is 13.8 Å². The molecule has 1 aliphatic rings. The van der Waals surface area contributed by atoms with Crippen LogP contribution in [0.15, 0.2) is 29.2 Å². The van der Waals surface area contributed by atoms with Gasteiger partial charge in [-0.1, -0.05) is 17.4 Å². The summed E-state index contributed by atoms with van der Waals surface area (Å²) < 4.78 is 102. The first-order valence-corrected chi connectivity index (χ1v) is 11.0. The maximum atomic E-state index is 13.1. The number of amides is 1. The van der Waals surface area contributed by atoms with Crippen LogP contribution in [0.3, 0.4) is 0 Å². The van der Waals surface area contributed by atoms with Crippen LogP contribution in [-0.4, -0.2) is 35.8 Å². The summed E-state index contributed by atoms with van der Waals surface area (Å²) in [5.41, 5.74) is -1.14. The van der Waals surface area contributed by atoms with E-state index in [1.54, 1.807) is 0 Å². The lowest BCUT2D eigenvalue weighted by molar-refractivity contribution is -0.138. The molecule has 1 saturated heterocycles. The van der Waals surface area contributed by atoms with Crippen LogP contribution in [0.1, 0.15) is 30.8 Å². The fraction of sp³-hybridized carbons (Fsp3) is 0.471. The third-order valence-corrected chi connectivity index (χ3v) is 8.74. The average Bonchev–Trinajstić information content (AvgIpc) is 3.27. The Morgan fingerprint density at radius 1 is 1.06 bits per heavy atom. The van der Waals surface area contributed by atoms with E-state index in [9.17, 15) is 39.6 Å². The van der Waals surface area contributed by atoms with Gasteiger partial charge in [-0.05, 0) is 32.0 Å². The van der Waals surface area contributed by atoms with Gasteiger partial charge in [0.05, 0.1) is 15.2 Å². The monoisotopic (exact) mass is 487 g/mol. The topological polar surface area (TPSA) is 80.2 Å². The molecule has 1 amide bonds. The van der Waals surface area contributed by atoms with Crippen molar-refractivity contribution in [2.45, 2.75) is 42.3 Å². The molecule has 0 N–H and O–H groups in total. The van der Waals surface area contributed by atoms with Crippen LogP contribution in [-0.2, 0) is 27.0 Å². The predicted molar refractivity (Wildman–Crippen MR) is 98.1 cm³/mol. The van der Waals surface area contributed by atoms with Crippen molar-refractivity contribution >= 4 is 32.2 Å². The van der Waals surface area contributed by atoms with E-state index in [1.807, 2.05) is 0 Å². The van der Waals surface area contributed by atoms with E-state index in [0.717, 1.165) is 23.1 Å². The van der Waals surface area contributed by atoms with Crippen molar-refractivity contribution in [2.75, 3.05) is 11.4 Å². The lowest BCUT2D eigenvalue weighted by Gasteiger charge is -2.31. The van der Waals surface area contributed by atoms with Crippen LogP contribution in [0.5, 0.6) is 0 Å². The lowest BCUT2D eigenvalue weighted by atomic mass is 9.94. The van der Waals surface area contributed by atoms with Crippen molar-refractivity contribution in [3.05, 3.63) is 34.8 Å². The average molecular weight is 487 g/mol. The molecule has 0 unspecified atom stereocenters. The van der Waals surface area contributed by atoms with Gasteiger partial charge in [-0.2, -0.15) is 26.3 Å². The number of aromatic nitrogens is 2. The third-order valence-electron chi connectivity index (χ3n) is 5.16. The Morgan fingerprint density at radius 2 is 1.71 bits per heavy atom. The normalized spacial score (nSPS) is 18.6. The highest BCUT2D eigenvalue weighted by Crippen LogP contribution is 2.42. The summed E-state index contributed by atoms with van der Waals surface area (Å²) in [4.78, 5) is 12.7. The van der Waals surface area contributed by atoms with Crippen LogP contribution in [0.2, 0.25) is 0 Å². The van der Waals surface area contributed by atoms with Crippen molar-refractivity contribution in [3.63, 3.8) is 0 Å². The minimum absolute atomic E-state index is 0.145. The Labute approximate surface area is 176 Å². The van der Waals surface area contributed by atoms with E-state index in [4.69, 9.17) is 0 Å². The molecule has 0 aliphatic carbocycles. The summed E-state index contributed by atoms with van der Waals surface area (Å²) in [5.74, 6) is -1.56. The molecule has 0 bridgehead atoms. The molecular weight excluding hydrogens is 472 g/mol. The largest absolute Gasteiger partial charge is 0.445 e. The molecule has 1 atom stereocenters. The van der Waals surface area contributed by atoms with E-state index < -0.39 is 54.2 Å². The molecule has 1 aromatic carbocycles. The molecule has 2 heterocycles. The predicted octanol–water partition coefficient (Wildman–Crippen LogP) is 4.18. The van der Waals surface area contributed by atoms with Crippen molar-refractivity contribution in [2.24, 2.45) is 5.92 Å². The maximum absolute atomic E-state index is 13.1. The van der Waals surface area contributed by atoms with Gasteiger partial charge in [0.1, 0.15) is 0 Å². The molecule has 170 valence electrons. The van der Waals surface area contributed by atoms with Crippen molar-refractivity contribution in [3.8, 4) is 0 Å². The van der Waals surface area contributed by atoms with E-state index in [0.29, 0.717) is 6.07 Å². The molecular formula is C17H15F6N3O3S2. The number of hydrogen-bond donors (Lipinski definition) is 0. The molecule has 0 saturated carbocycles. The molecule has 6 nitrogen and oxygen atoms in total. The number of hydrogen-bond acceptors (Lipinski definition) is 6. The first-order valence-electron chi connectivity index (χ1n) is 8.68. The van der Waals surface area contributed by atoms with Crippen LogP contribution in [0, 0.1) is 5.92 Å². The van der Waals surface area contributed by atoms with Crippen LogP contribution in [0.4, 0.5) is 31.5 Å². The highest BCUT2D eigenvalue weighted by Gasteiger charge is 2.49. The molecule has 1 aromatic heterocycles. The number of alkyl halides is 6. The summed E-state index contributed by atoms with van der Waals surface area (Å²) in [5, 5.41) is 4.80. The highest BCUT2D eigenvalue weighted by atomic mass is 32.2. The highest BCUT2D eigenvalue weighted by molar-refractivity contribution is 7.92. The number of rotatable bonds is 4. The lowest BCUT2D eigenvalue weighted by Crippen LogP contribution is -2.41. The van der Waals surface area contributed by atoms with Crippen molar-refractivity contribution in [1.29, 1.82) is 0 Å². The zero-order chi connectivity index (χ0) is 23.4.